The maximum Gasteiger partial charge on any atom is 0.292 e. The van der Waals surface area contributed by atoms with Gasteiger partial charge in [-0.25, -0.2) is 0 Å². The highest BCUT2D eigenvalue weighted by molar-refractivity contribution is 6.04. The van der Waals surface area contributed by atoms with Crippen molar-refractivity contribution in [3.63, 3.8) is 0 Å². The summed E-state index contributed by atoms with van der Waals surface area (Å²) in [6.45, 7) is 1.18. The first kappa shape index (κ1) is 18.7. The maximum absolute atomic E-state index is 12.3. The number of hydrogen-bond donors (Lipinski definition) is 1. The van der Waals surface area contributed by atoms with Crippen LogP contribution >= 0.6 is 0 Å². The van der Waals surface area contributed by atoms with Crippen molar-refractivity contribution < 1.29 is 18.8 Å². The number of nitrogens with zero attached hydrogens (tertiary/aromatic N) is 2. The SMILES string of the molecule is O=C(Nc1cccc(OC2CCN(C(=O)c3ccno3)CC2)c1)c1ccccc1. The summed E-state index contributed by atoms with van der Waals surface area (Å²) in [5.41, 5.74) is 1.27. The van der Waals surface area contributed by atoms with Gasteiger partial charge in [0.25, 0.3) is 11.8 Å². The molecule has 1 aromatic heterocycles. The van der Waals surface area contributed by atoms with Crippen molar-refractivity contribution in [2.45, 2.75) is 18.9 Å². The second-order valence-electron chi connectivity index (χ2n) is 6.83. The van der Waals surface area contributed by atoms with E-state index in [9.17, 15) is 9.59 Å². The number of carbonyl (C=O) groups excluding carboxylic acids is 2. The van der Waals surface area contributed by atoms with E-state index in [-0.39, 0.29) is 23.7 Å². The van der Waals surface area contributed by atoms with E-state index in [0.29, 0.717) is 30.1 Å². The van der Waals surface area contributed by atoms with Crippen LogP contribution in [0, 0.1) is 0 Å². The van der Waals surface area contributed by atoms with Crippen molar-refractivity contribution in [2.75, 3.05) is 18.4 Å². The van der Waals surface area contributed by atoms with Gasteiger partial charge in [0.2, 0.25) is 5.76 Å². The molecule has 0 aliphatic carbocycles. The molecule has 148 valence electrons. The first-order valence-electron chi connectivity index (χ1n) is 9.52. The number of likely N-dealkylation sites (tertiary alicyclic amines) is 1. The van der Waals surface area contributed by atoms with Gasteiger partial charge in [-0.2, -0.15) is 0 Å². The van der Waals surface area contributed by atoms with E-state index in [0.717, 1.165) is 12.8 Å². The van der Waals surface area contributed by atoms with Crippen molar-refractivity contribution in [1.29, 1.82) is 0 Å². The molecule has 7 heteroatoms. The summed E-state index contributed by atoms with van der Waals surface area (Å²) in [6.07, 6.45) is 2.92. The van der Waals surface area contributed by atoms with Crippen LogP contribution in [0.25, 0.3) is 0 Å². The Morgan fingerprint density at radius 1 is 1.03 bits per heavy atom. The van der Waals surface area contributed by atoms with E-state index < -0.39 is 0 Å². The number of aromatic nitrogens is 1. The van der Waals surface area contributed by atoms with Crippen LogP contribution in [0.15, 0.2) is 71.4 Å². The van der Waals surface area contributed by atoms with Gasteiger partial charge in [0, 0.05) is 49.3 Å². The number of nitrogens with one attached hydrogen (secondary N) is 1. The minimum atomic E-state index is -0.165. The fraction of sp³-hybridized carbons (Fsp3) is 0.227. The van der Waals surface area contributed by atoms with E-state index in [1.54, 1.807) is 23.1 Å². The van der Waals surface area contributed by atoms with Crippen LogP contribution in [0.5, 0.6) is 5.75 Å². The molecule has 0 atom stereocenters. The highest BCUT2D eigenvalue weighted by Gasteiger charge is 2.26. The number of anilines is 1. The standard InChI is InChI=1S/C22H21N3O4/c26-21(16-5-2-1-3-6-16)24-17-7-4-8-19(15-17)28-18-10-13-25(14-11-18)22(27)20-9-12-23-29-20/h1-9,12,15,18H,10-11,13-14H2,(H,24,26). The van der Waals surface area contributed by atoms with Gasteiger partial charge in [0.15, 0.2) is 0 Å². The van der Waals surface area contributed by atoms with Crippen LogP contribution in [-0.2, 0) is 0 Å². The molecule has 7 nitrogen and oxygen atoms in total. The third-order valence-electron chi connectivity index (χ3n) is 4.81. The molecule has 0 bridgehead atoms. The molecule has 0 saturated carbocycles. The first-order chi connectivity index (χ1) is 14.2. The summed E-state index contributed by atoms with van der Waals surface area (Å²) in [5, 5.41) is 6.47. The molecule has 1 saturated heterocycles. The Balaban J connectivity index is 1.32. The van der Waals surface area contributed by atoms with Gasteiger partial charge >= 0.3 is 0 Å². The van der Waals surface area contributed by atoms with Gasteiger partial charge in [-0.15, -0.1) is 0 Å². The number of benzene rings is 2. The summed E-state index contributed by atoms with van der Waals surface area (Å²) in [4.78, 5) is 26.4. The number of amides is 2. The quantitative estimate of drug-likeness (QED) is 0.718. The summed E-state index contributed by atoms with van der Waals surface area (Å²) in [5.74, 6) is 0.635. The van der Waals surface area contributed by atoms with Gasteiger partial charge in [0.1, 0.15) is 11.9 Å². The molecule has 2 heterocycles. The molecule has 1 aliphatic rings. The zero-order chi connectivity index (χ0) is 20.1. The molecular weight excluding hydrogens is 370 g/mol. The highest BCUT2D eigenvalue weighted by Crippen LogP contribution is 2.23. The zero-order valence-corrected chi connectivity index (χ0v) is 15.8. The molecule has 0 unspecified atom stereocenters. The molecular formula is C22H21N3O4. The Morgan fingerprint density at radius 2 is 1.83 bits per heavy atom. The minimum absolute atomic E-state index is 0.00820. The predicted octanol–water partition coefficient (Wildman–Crippen LogP) is 3.61. The summed E-state index contributed by atoms with van der Waals surface area (Å²) in [6, 6.07) is 18.0. The third-order valence-corrected chi connectivity index (χ3v) is 4.81. The minimum Gasteiger partial charge on any atom is -0.490 e. The lowest BCUT2D eigenvalue weighted by molar-refractivity contribution is 0.0558. The first-order valence-corrected chi connectivity index (χ1v) is 9.52. The Hall–Kier alpha value is -3.61. The smallest absolute Gasteiger partial charge is 0.292 e. The van der Waals surface area contributed by atoms with Gasteiger partial charge in [0.05, 0.1) is 6.20 Å². The van der Waals surface area contributed by atoms with Crippen molar-refractivity contribution in [2.24, 2.45) is 0 Å². The second kappa shape index (κ2) is 8.60. The van der Waals surface area contributed by atoms with E-state index in [1.165, 1.54) is 6.20 Å². The lowest BCUT2D eigenvalue weighted by Gasteiger charge is -2.31. The topological polar surface area (TPSA) is 84.7 Å². The van der Waals surface area contributed by atoms with Crippen LogP contribution in [0.1, 0.15) is 33.8 Å². The van der Waals surface area contributed by atoms with Crippen LogP contribution in [0.2, 0.25) is 0 Å². The van der Waals surface area contributed by atoms with E-state index in [1.807, 2.05) is 42.5 Å². The highest BCUT2D eigenvalue weighted by atomic mass is 16.5. The number of ether oxygens (including phenoxy) is 1. The Kier molecular flexibility index (Phi) is 5.56. The van der Waals surface area contributed by atoms with Gasteiger partial charge in [-0.05, 0) is 24.3 Å². The van der Waals surface area contributed by atoms with Crippen molar-refractivity contribution in [3.05, 3.63) is 78.2 Å². The summed E-state index contributed by atoms with van der Waals surface area (Å²) < 4.78 is 11.0. The normalized spacial score (nSPS) is 14.4. The molecule has 3 aromatic rings. The fourth-order valence-electron chi connectivity index (χ4n) is 3.29. The van der Waals surface area contributed by atoms with E-state index in [4.69, 9.17) is 9.26 Å². The maximum atomic E-state index is 12.3. The van der Waals surface area contributed by atoms with Crippen molar-refractivity contribution in [1.82, 2.24) is 10.1 Å². The molecule has 1 N–H and O–H groups in total. The molecule has 29 heavy (non-hydrogen) atoms. The second-order valence-corrected chi connectivity index (χ2v) is 6.83. The zero-order valence-electron chi connectivity index (χ0n) is 15.8. The molecule has 2 aromatic carbocycles. The van der Waals surface area contributed by atoms with Gasteiger partial charge < -0.3 is 19.5 Å². The molecule has 0 radical (unpaired) electrons. The van der Waals surface area contributed by atoms with Crippen LogP contribution in [0.4, 0.5) is 5.69 Å². The molecule has 1 fully saturated rings. The van der Waals surface area contributed by atoms with E-state index in [2.05, 4.69) is 10.5 Å². The third kappa shape index (κ3) is 4.63. The van der Waals surface area contributed by atoms with Gasteiger partial charge in [-0.3, -0.25) is 9.59 Å². The molecule has 1 aliphatic heterocycles. The van der Waals surface area contributed by atoms with Crippen LogP contribution < -0.4 is 10.1 Å². The van der Waals surface area contributed by atoms with Crippen molar-refractivity contribution >= 4 is 17.5 Å². The molecule has 0 spiro atoms. The average Bonchev–Trinajstić information content (AvgIpc) is 3.30. The lowest BCUT2D eigenvalue weighted by Crippen LogP contribution is -2.41. The predicted molar refractivity (Wildman–Crippen MR) is 107 cm³/mol. The average molecular weight is 391 g/mol. The van der Waals surface area contributed by atoms with E-state index >= 15 is 0 Å². The summed E-state index contributed by atoms with van der Waals surface area (Å²) in [7, 11) is 0. The summed E-state index contributed by atoms with van der Waals surface area (Å²) >= 11 is 0. The Morgan fingerprint density at radius 3 is 2.55 bits per heavy atom. The number of carbonyl (C=O) groups is 2. The van der Waals surface area contributed by atoms with Crippen LogP contribution in [-0.4, -0.2) is 41.1 Å². The monoisotopic (exact) mass is 391 g/mol. The number of hydrogen-bond acceptors (Lipinski definition) is 5. The molecule has 4 rings (SSSR count). The lowest BCUT2D eigenvalue weighted by atomic mass is 10.1. The Labute approximate surface area is 168 Å². The van der Waals surface area contributed by atoms with Gasteiger partial charge in [-0.1, -0.05) is 29.4 Å². The Bertz CT molecular complexity index is 965. The van der Waals surface area contributed by atoms with Crippen LogP contribution in [0.3, 0.4) is 0 Å². The van der Waals surface area contributed by atoms with Crippen molar-refractivity contribution in [3.8, 4) is 5.75 Å². The molecule has 2 amide bonds. The number of rotatable bonds is 5. The fourth-order valence-corrected chi connectivity index (χ4v) is 3.29. The largest absolute Gasteiger partial charge is 0.490 e. The number of piperidine rings is 1.